The number of halogens is 1. The molecule has 1 aliphatic heterocycles. The maximum absolute atomic E-state index is 6.08. The summed E-state index contributed by atoms with van der Waals surface area (Å²) >= 11 is 6.08. The van der Waals surface area contributed by atoms with Gasteiger partial charge >= 0.3 is 0 Å². The molecule has 1 heterocycles. The molecule has 2 nitrogen and oxygen atoms in total. The van der Waals surface area contributed by atoms with Crippen molar-refractivity contribution in [3.8, 4) is 0 Å². The number of anilines is 1. The molecule has 1 N–H and O–H groups in total. The van der Waals surface area contributed by atoms with Crippen molar-refractivity contribution in [2.75, 3.05) is 31.6 Å². The van der Waals surface area contributed by atoms with Gasteiger partial charge in [0.2, 0.25) is 0 Å². The van der Waals surface area contributed by atoms with Crippen LogP contribution in [0.1, 0.15) is 20.3 Å². The van der Waals surface area contributed by atoms with Crippen LogP contribution in [0.15, 0.2) is 24.3 Å². The average molecular weight is 267 g/mol. The molecule has 0 bridgehead atoms. The van der Waals surface area contributed by atoms with Gasteiger partial charge in [0, 0.05) is 23.8 Å². The van der Waals surface area contributed by atoms with E-state index >= 15 is 0 Å². The molecule has 100 valence electrons. The molecule has 1 aromatic carbocycles. The third kappa shape index (κ3) is 2.99. The summed E-state index contributed by atoms with van der Waals surface area (Å²) in [5, 5.41) is 4.15. The lowest BCUT2D eigenvalue weighted by Crippen LogP contribution is -2.48. The molecule has 2 rings (SSSR count). The Bertz CT molecular complexity index is 403. The lowest BCUT2D eigenvalue weighted by molar-refractivity contribution is 0.169. The van der Waals surface area contributed by atoms with Crippen LogP contribution in [-0.4, -0.2) is 26.7 Å². The number of piperidine rings is 1. The summed E-state index contributed by atoms with van der Waals surface area (Å²) < 4.78 is 0. The second-order valence-electron chi connectivity index (χ2n) is 5.92. The zero-order valence-corrected chi connectivity index (χ0v) is 12.3. The Balaban J connectivity index is 2.13. The molecule has 1 aromatic rings. The Labute approximate surface area is 115 Å². The van der Waals surface area contributed by atoms with Gasteiger partial charge in [-0.15, -0.1) is 0 Å². The van der Waals surface area contributed by atoms with Gasteiger partial charge in [-0.2, -0.15) is 0 Å². The zero-order valence-electron chi connectivity index (χ0n) is 11.5. The highest BCUT2D eigenvalue weighted by atomic mass is 35.5. The van der Waals surface area contributed by atoms with Crippen LogP contribution in [0.5, 0.6) is 0 Å². The van der Waals surface area contributed by atoms with E-state index in [-0.39, 0.29) is 0 Å². The Morgan fingerprint density at radius 2 is 2.22 bits per heavy atom. The molecule has 0 amide bonds. The molecule has 0 radical (unpaired) electrons. The number of benzene rings is 1. The van der Waals surface area contributed by atoms with Crippen molar-refractivity contribution in [1.29, 1.82) is 0 Å². The van der Waals surface area contributed by atoms with Gasteiger partial charge in [0.25, 0.3) is 0 Å². The first-order valence-corrected chi connectivity index (χ1v) is 7.06. The summed E-state index contributed by atoms with van der Waals surface area (Å²) in [6, 6.07) is 8.19. The molecule has 0 aromatic heterocycles. The molecule has 1 saturated heterocycles. The minimum Gasteiger partial charge on any atom is -0.371 e. The van der Waals surface area contributed by atoms with Crippen molar-refractivity contribution >= 4 is 17.3 Å². The van der Waals surface area contributed by atoms with Gasteiger partial charge < -0.3 is 10.2 Å². The minimum absolute atomic E-state index is 0.415. The number of rotatable bonds is 3. The summed E-state index contributed by atoms with van der Waals surface area (Å²) in [4.78, 5) is 2.46. The van der Waals surface area contributed by atoms with E-state index in [1.165, 1.54) is 12.1 Å². The third-order valence-corrected chi connectivity index (χ3v) is 4.43. The van der Waals surface area contributed by atoms with Crippen LogP contribution >= 0.6 is 11.6 Å². The van der Waals surface area contributed by atoms with Crippen LogP contribution in [0.3, 0.4) is 0 Å². The van der Waals surface area contributed by atoms with Gasteiger partial charge in [0.15, 0.2) is 0 Å². The van der Waals surface area contributed by atoms with Gasteiger partial charge in [0.1, 0.15) is 0 Å². The van der Waals surface area contributed by atoms with Crippen molar-refractivity contribution in [3.05, 3.63) is 29.3 Å². The summed E-state index contributed by atoms with van der Waals surface area (Å²) in [6.07, 6.45) is 1.23. The highest BCUT2D eigenvalue weighted by Crippen LogP contribution is 2.37. The quantitative estimate of drug-likeness (QED) is 0.902. The Morgan fingerprint density at radius 1 is 1.44 bits per heavy atom. The highest BCUT2D eigenvalue weighted by Gasteiger charge is 2.34. The fourth-order valence-corrected chi connectivity index (χ4v) is 2.91. The van der Waals surface area contributed by atoms with E-state index in [9.17, 15) is 0 Å². The topological polar surface area (TPSA) is 15.3 Å². The molecule has 0 aliphatic carbocycles. The lowest BCUT2D eigenvalue weighted by Gasteiger charge is -2.45. The SMILES string of the molecule is CNCC1CN(c2cccc(Cl)c2)CCC1(C)C. The van der Waals surface area contributed by atoms with Crippen molar-refractivity contribution < 1.29 is 0 Å². The van der Waals surface area contributed by atoms with Crippen LogP contribution in [0.25, 0.3) is 0 Å². The normalized spacial score (nSPS) is 23.1. The predicted molar refractivity (Wildman–Crippen MR) is 79.5 cm³/mol. The first-order valence-electron chi connectivity index (χ1n) is 6.68. The smallest absolute Gasteiger partial charge is 0.0426 e. The monoisotopic (exact) mass is 266 g/mol. The molecular formula is C15H23ClN2. The van der Waals surface area contributed by atoms with Gasteiger partial charge in [-0.05, 0) is 49.5 Å². The maximum Gasteiger partial charge on any atom is 0.0426 e. The standard InChI is InChI=1S/C15H23ClN2/c1-15(2)7-8-18(11-12(15)10-17-3)14-6-4-5-13(16)9-14/h4-6,9,12,17H,7-8,10-11H2,1-3H3. The lowest BCUT2D eigenvalue weighted by atomic mass is 9.73. The second kappa shape index (κ2) is 5.50. The average Bonchev–Trinajstić information content (AvgIpc) is 2.32. The molecule has 1 unspecified atom stereocenters. The van der Waals surface area contributed by atoms with E-state index < -0.39 is 0 Å². The molecule has 18 heavy (non-hydrogen) atoms. The predicted octanol–water partition coefficient (Wildman–Crippen LogP) is 3.41. The first-order chi connectivity index (χ1) is 8.53. The van der Waals surface area contributed by atoms with E-state index in [0.717, 1.165) is 24.7 Å². The zero-order chi connectivity index (χ0) is 13.2. The fraction of sp³-hybridized carbons (Fsp3) is 0.600. The summed E-state index contributed by atoms with van der Waals surface area (Å²) in [7, 11) is 2.04. The Hall–Kier alpha value is -0.730. The van der Waals surface area contributed by atoms with Gasteiger partial charge in [-0.1, -0.05) is 31.5 Å². The molecule has 1 aliphatic rings. The van der Waals surface area contributed by atoms with Crippen molar-refractivity contribution in [1.82, 2.24) is 5.32 Å². The van der Waals surface area contributed by atoms with Crippen LogP contribution in [0.2, 0.25) is 5.02 Å². The van der Waals surface area contributed by atoms with Crippen molar-refractivity contribution in [2.24, 2.45) is 11.3 Å². The van der Waals surface area contributed by atoms with Gasteiger partial charge in [-0.3, -0.25) is 0 Å². The van der Waals surface area contributed by atoms with Gasteiger partial charge in [0.05, 0.1) is 0 Å². The second-order valence-corrected chi connectivity index (χ2v) is 6.36. The molecule has 0 saturated carbocycles. The molecule has 0 spiro atoms. The maximum atomic E-state index is 6.08. The minimum atomic E-state index is 0.415. The van der Waals surface area contributed by atoms with E-state index in [1.54, 1.807) is 0 Å². The fourth-order valence-electron chi connectivity index (χ4n) is 2.73. The third-order valence-electron chi connectivity index (χ3n) is 4.20. The molecular weight excluding hydrogens is 244 g/mol. The Morgan fingerprint density at radius 3 is 2.89 bits per heavy atom. The number of nitrogens with zero attached hydrogens (tertiary/aromatic N) is 1. The van der Waals surface area contributed by atoms with E-state index in [0.29, 0.717) is 11.3 Å². The summed E-state index contributed by atoms with van der Waals surface area (Å²) in [5.74, 6) is 0.676. The van der Waals surface area contributed by atoms with Crippen LogP contribution < -0.4 is 10.2 Å². The van der Waals surface area contributed by atoms with Gasteiger partial charge in [-0.25, -0.2) is 0 Å². The summed E-state index contributed by atoms with van der Waals surface area (Å²) in [5.41, 5.74) is 1.66. The number of hydrogen-bond donors (Lipinski definition) is 1. The largest absolute Gasteiger partial charge is 0.371 e. The van der Waals surface area contributed by atoms with E-state index in [4.69, 9.17) is 11.6 Å². The van der Waals surface area contributed by atoms with Crippen LogP contribution in [-0.2, 0) is 0 Å². The number of hydrogen-bond acceptors (Lipinski definition) is 2. The molecule has 1 atom stereocenters. The molecule has 3 heteroatoms. The van der Waals surface area contributed by atoms with Crippen LogP contribution in [0.4, 0.5) is 5.69 Å². The molecule has 1 fully saturated rings. The highest BCUT2D eigenvalue weighted by molar-refractivity contribution is 6.30. The summed E-state index contributed by atoms with van der Waals surface area (Å²) in [6.45, 7) is 8.06. The van der Waals surface area contributed by atoms with E-state index in [1.807, 2.05) is 19.2 Å². The van der Waals surface area contributed by atoms with E-state index in [2.05, 4.69) is 36.2 Å². The van der Waals surface area contributed by atoms with Crippen molar-refractivity contribution in [2.45, 2.75) is 20.3 Å². The number of nitrogens with one attached hydrogen (secondary N) is 1. The van der Waals surface area contributed by atoms with Crippen molar-refractivity contribution in [3.63, 3.8) is 0 Å². The van der Waals surface area contributed by atoms with Crippen LogP contribution in [0, 0.1) is 11.3 Å². The Kier molecular flexibility index (Phi) is 4.18. The first kappa shape index (κ1) is 13.7.